The lowest BCUT2D eigenvalue weighted by atomic mass is 10.1. The van der Waals surface area contributed by atoms with Gasteiger partial charge in [0.05, 0.1) is 27.6 Å². The predicted octanol–water partition coefficient (Wildman–Crippen LogP) is 6.56. The predicted molar refractivity (Wildman–Crippen MR) is 124 cm³/mol. The molecule has 0 atom stereocenters. The summed E-state index contributed by atoms with van der Waals surface area (Å²) in [4.78, 5) is 4.46. The lowest BCUT2D eigenvalue weighted by Crippen LogP contribution is -2.07. The molecule has 0 aliphatic heterocycles. The van der Waals surface area contributed by atoms with Crippen molar-refractivity contribution >= 4 is 15.5 Å². The largest absolute Gasteiger partial charge is 0.457 e. The minimum absolute atomic E-state index is 0.0416. The molecule has 9 heteroatoms. The molecule has 0 radical (unpaired) electrons. The molecule has 34 heavy (non-hydrogen) atoms. The first-order valence-corrected chi connectivity index (χ1v) is 12.5. The molecular weight excluding hydrogens is 465 g/mol. The van der Waals surface area contributed by atoms with Gasteiger partial charge in [-0.05, 0) is 55.3 Å². The van der Waals surface area contributed by atoms with Crippen LogP contribution in [0.1, 0.15) is 31.5 Å². The maximum absolute atomic E-state index is 13.5. The summed E-state index contributed by atoms with van der Waals surface area (Å²) in [6.45, 7) is 3.63. The molecule has 2 heterocycles. The van der Waals surface area contributed by atoms with E-state index in [2.05, 4.69) is 4.98 Å². The Morgan fingerprint density at radius 2 is 1.68 bits per heavy atom. The van der Waals surface area contributed by atoms with E-state index in [-0.39, 0.29) is 16.3 Å². The van der Waals surface area contributed by atoms with Crippen LogP contribution >= 0.6 is 0 Å². The van der Waals surface area contributed by atoms with Crippen molar-refractivity contribution in [3.05, 3.63) is 78.1 Å². The number of fused-ring (bicyclic) bond motifs is 1. The molecule has 5 nitrogen and oxygen atoms in total. The van der Waals surface area contributed by atoms with Crippen molar-refractivity contribution in [1.82, 2.24) is 9.38 Å². The number of aromatic nitrogens is 2. The van der Waals surface area contributed by atoms with Gasteiger partial charge in [0.25, 0.3) is 0 Å². The van der Waals surface area contributed by atoms with Gasteiger partial charge in [0, 0.05) is 11.8 Å². The normalized spacial score (nSPS) is 12.3. The molecule has 0 saturated carbocycles. The Bertz CT molecular complexity index is 1440. The SMILES string of the molecule is CCCS(=O)(=O)c1cccc(Oc2cccc(-c3c(CC)nc4c(C(F)(F)F)cccn34)c2)c1. The molecule has 0 fully saturated rings. The molecule has 4 aromatic rings. The van der Waals surface area contributed by atoms with Gasteiger partial charge in [-0.3, -0.25) is 4.40 Å². The van der Waals surface area contributed by atoms with Crippen molar-refractivity contribution in [2.45, 2.75) is 37.8 Å². The number of pyridine rings is 1. The third-order valence-electron chi connectivity index (χ3n) is 5.34. The standard InChI is InChI=1S/C25H23F3N2O3S/c1-3-14-34(31,32)20-11-6-10-19(16-20)33-18-9-5-8-17(15-18)23-22(4-2)29-24-21(25(26,27)28)12-7-13-30(23)24/h5-13,15-16H,3-4,14H2,1-2H3. The maximum Gasteiger partial charge on any atom is 0.419 e. The third-order valence-corrected chi connectivity index (χ3v) is 7.26. The van der Waals surface area contributed by atoms with Crippen LogP contribution in [0.5, 0.6) is 11.5 Å². The second-order valence-electron chi connectivity index (χ2n) is 7.80. The number of alkyl halides is 3. The molecule has 4 rings (SSSR count). The third kappa shape index (κ3) is 4.65. The molecule has 0 saturated heterocycles. The maximum atomic E-state index is 13.5. The van der Waals surface area contributed by atoms with Crippen molar-refractivity contribution in [3.8, 4) is 22.8 Å². The smallest absolute Gasteiger partial charge is 0.419 e. The molecule has 0 amide bonds. The number of sulfone groups is 1. The van der Waals surface area contributed by atoms with Gasteiger partial charge in [0.1, 0.15) is 17.1 Å². The molecule has 0 N–H and O–H groups in total. The molecule has 2 aromatic heterocycles. The van der Waals surface area contributed by atoms with E-state index >= 15 is 0 Å². The van der Waals surface area contributed by atoms with Crippen LogP contribution in [0, 0.1) is 0 Å². The average molecular weight is 489 g/mol. The average Bonchev–Trinajstić information content (AvgIpc) is 3.17. The zero-order valence-electron chi connectivity index (χ0n) is 18.6. The molecule has 0 spiro atoms. The highest BCUT2D eigenvalue weighted by molar-refractivity contribution is 7.91. The first kappa shape index (κ1) is 23.8. The quantitative estimate of drug-likeness (QED) is 0.296. The molecule has 0 bridgehead atoms. The van der Waals surface area contributed by atoms with Crippen molar-refractivity contribution in [2.75, 3.05) is 5.75 Å². The number of halogens is 3. The molecule has 2 aromatic carbocycles. The molecule has 178 valence electrons. The van der Waals surface area contributed by atoms with Crippen molar-refractivity contribution in [1.29, 1.82) is 0 Å². The Morgan fingerprint density at radius 3 is 2.35 bits per heavy atom. The van der Waals surface area contributed by atoms with Crippen molar-refractivity contribution < 1.29 is 26.3 Å². The van der Waals surface area contributed by atoms with Crippen molar-refractivity contribution in [3.63, 3.8) is 0 Å². The van der Waals surface area contributed by atoms with E-state index in [9.17, 15) is 21.6 Å². The second kappa shape index (κ2) is 9.13. The lowest BCUT2D eigenvalue weighted by molar-refractivity contribution is -0.136. The molecule has 0 unspecified atom stereocenters. The van der Waals surface area contributed by atoms with Gasteiger partial charge in [0.2, 0.25) is 0 Å². The van der Waals surface area contributed by atoms with Crippen LogP contribution in [0.25, 0.3) is 16.9 Å². The van der Waals surface area contributed by atoms with Gasteiger partial charge < -0.3 is 4.74 Å². The summed E-state index contributed by atoms with van der Waals surface area (Å²) in [5.74, 6) is 0.814. The van der Waals surface area contributed by atoms with Gasteiger partial charge in [-0.15, -0.1) is 0 Å². The van der Waals surface area contributed by atoms with Gasteiger partial charge in [0.15, 0.2) is 9.84 Å². The number of imidazole rings is 1. The number of aryl methyl sites for hydroxylation is 1. The molecule has 0 aliphatic carbocycles. The van der Waals surface area contributed by atoms with E-state index < -0.39 is 21.6 Å². The van der Waals surface area contributed by atoms with E-state index in [1.54, 1.807) is 49.5 Å². The summed E-state index contributed by atoms with van der Waals surface area (Å²) in [5, 5.41) is 0. The molecule has 0 aliphatic rings. The van der Waals surface area contributed by atoms with E-state index in [0.29, 0.717) is 41.3 Å². The van der Waals surface area contributed by atoms with Crippen LogP contribution in [-0.4, -0.2) is 23.6 Å². The number of hydrogen-bond acceptors (Lipinski definition) is 4. The van der Waals surface area contributed by atoms with Crippen LogP contribution in [-0.2, 0) is 22.4 Å². The zero-order valence-corrected chi connectivity index (χ0v) is 19.4. The fraction of sp³-hybridized carbons (Fsp3) is 0.240. The first-order valence-electron chi connectivity index (χ1n) is 10.8. The Morgan fingerprint density at radius 1 is 0.971 bits per heavy atom. The molecular formula is C25H23F3N2O3S. The number of benzene rings is 2. The fourth-order valence-corrected chi connectivity index (χ4v) is 5.20. The van der Waals surface area contributed by atoms with E-state index in [1.807, 2.05) is 6.92 Å². The summed E-state index contributed by atoms with van der Waals surface area (Å²) in [6.07, 6.45) is -2.02. The van der Waals surface area contributed by atoms with Gasteiger partial charge in [-0.2, -0.15) is 13.2 Å². The number of hydrogen-bond donors (Lipinski definition) is 0. The summed E-state index contributed by atoms with van der Waals surface area (Å²) in [7, 11) is -3.40. The monoisotopic (exact) mass is 488 g/mol. The summed E-state index contributed by atoms with van der Waals surface area (Å²) >= 11 is 0. The second-order valence-corrected chi connectivity index (χ2v) is 9.91. The van der Waals surface area contributed by atoms with Crippen LogP contribution in [0.4, 0.5) is 13.2 Å². The van der Waals surface area contributed by atoms with E-state index in [4.69, 9.17) is 4.74 Å². The van der Waals surface area contributed by atoms with Crippen LogP contribution in [0.3, 0.4) is 0 Å². The highest BCUT2D eigenvalue weighted by atomic mass is 32.2. The topological polar surface area (TPSA) is 60.7 Å². The van der Waals surface area contributed by atoms with Crippen LogP contribution in [0.2, 0.25) is 0 Å². The van der Waals surface area contributed by atoms with E-state index in [1.165, 1.54) is 22.6 Å². The highest BCUT2D eigenvalue weighted by Gasteiger charge is 2.34. The van der Waals surface area contributed by atoms with Crippen LogP contribution < -0.4 is 4.74 Å². The number of rotatable bonds is 7. The van der Waals surface area contributed by atoms with Gasteiger partial charge in [-0.1, -0.05) is 32.0 Å². The fourth-order valence-electron chi connectivity index (χ4n) is 3.85. The van der Waals surface area contributed by atoms with Gasteiger partial charge >= 0.3 is 6.18 Å². The summed E-state index contributed by atoms with van der Waals surface area (Å²) < 4.78 is 72.7. The van der Waals surface area contributed by atoms with Crippen LogP contribution in [0.15, 0.2) is 71.8 Å². The van der Waals surface area contributed by atoms with E-state index in [0.717, 1.165) is 6.07 Å². The summed E-state index contributed by atoms with van der Waals surface area (Å²) in [5.41, 5.74) is 0.765. The number of ether oxygens (including phenoxy) is 1. The minimum atomic E-state index is -4.52. The van der Waals surface area contributed by atoms with Gasteiger partial charge in [-0.25, -0.2) is 13.4 Å². The number of nitrogens with zero attached hydrogens (tertiary/aromatic N) is 2. The Labute approximate surface area is 195 Å². The Balaban J connectivity index is 1.75. The Kier molecular flexibility index (Phi) is 6.40. The first-order chi connectivity index (χ1) is 16.1. The minimum Gasteiger partial charge on any atom is -0.457 e. The summed E-state index contributed by atoms with van der Waals surface area (Å²) in [6, 6.07) is 15.5. The van der Waals surface area contributed by atoms with Crippen molar-refractivity contribution in [2.24, 2.45) is 0 Å². The highest BCUT2D eigenvalue weighted by Crippen LogP contribution is 2.36. The Hall–Kier alpha value is -3.33. The lowest BCUT2D eigenvalue weighted by Gasteiger charge is -2.11. The zero-order chi connectivity index (χ0) is 24.5.